The topological polar surface area (TPSA) is 42.8 Å². The number of ether oxygens (including phenoxy) is 2. The first-order chi connectivity index (χ1) is 14.4. The number of likely N-dealkylation sites (tertiary alicyclic amines) is 2. The molecule has 2 saturated heterocycles. The molecule has 0 spiro atoms. The van der Waals surface area contributed by atoms with Crippen molar-refractivity contribution in [2.24, 2.45) is 0 Å². The Bertz CT molecular complexity index is 648. The van der Waals surface area contributed by atoms with Crippen molar-refractivity contribution >= 4 is 0 Å². The van der Waals surface area contributed by atoms with Gasteiger partial charge >= 0.3 is 0 Å². The van der Waals surface area contributed by atoms with Crippen LogP contribution in [-0.2, 0) is 16.0 Å². The van der Waals surface area contributed by atoms with Crippen LogP contribution in [0.5, 0.6) is 0 Å². The number of nitrogens with zero attached hydrogens (tertiary/aromatic N) is 4. The predicted molar refractivity (Wildman–Crippen MR) is 120 cm³/mol. The van der Waals surface area contributed by atoms with Crippen LogP contribution in [0.2, 0.25) is 0 Å². The van der Waals surface area contributed by atoms with Crippen molar-refractivity contribution in [3.05, 3.63) is 18.2 Å². The normalized spacial score (nSPS) is 28.0. The molecule has 170 valence electrons. The van der Waals surface area contributed by atoms with Crippen molar-refractivity contribution in [3.63, 3.8) is 0 Å². The zero-order chi connectivity index (χ0) is 21.1. The molecule has 0 aromatic carbocycles. The van der Waals surface area contributed by atoms with Gasteiger partial charge in [-0.2, -0.15) is 0 Å². The van der Waals surface area contributed by atoms with Crippen molar-refractivity contribution in [1.82, 2.24) is 19.4 Å². The Morgan fingerprint density at radius 2 is 1.60 bits per heavy atom. The lowest BCUT2D eigenvalue weighted by Crippen LogP contribution is -2.45. The molecule has 0 atom stereocenters. The monoisotopic (exact) mass is 418 g/mol. The van der Waals surface area contributed by atoms with Crippen LogP contribution in [-0.4, -0.2) is 76.0 Å². The van der Waals surface area contributed by atoms with E-state index >= 15 is 0 Å². The van der Waals surface area contributed by atoms with Crippen LogP contribution in [0, 0.1) is 0 Å². The van der Waals surface area contributed by atoms with E-state index in [-0.39, 0.29) is 5.60 Å². The van der Waals surface area contributed by atoms with Gasteiger partial charge in [-0.05, 0) is 65.8 Å². The van der Waals surface area contributed by atoms with Gasteiger partial charge < -0.3 is 18.9 Å². The zero-order valence-corrected chi connectivity index (χ0v) is 19.6. The van der Waals surface area contributed by atoms with E-state index in [0.717, 1.165) is 45.3 Å². The maximum atomic E-state index is 6.34. The minimum atomic E-state index is -0.0409. The maximum absolute atomic E-state index is 6.34. The number of piperidine rings is 2. The largest absolute Gasteiger partial charge is 0.375 e. The van der Waals surface area contributed by atoms with E-state index in [1.54, 1.807) is 0 Å². The Balaban J connectivity index is 1.14. The second kappa shape index (κ2) is 9.68. The lowest BCUT2D eigenvalue weighted by atomic mass is 9.90. The van der Waals surface area contributed by atoms with E-state index in [9.17, 15) is 0 Å². The van der Waals surface area contributed by atoms with E-state index in [1.807, 2.05) is 0 Å². The summed E-state index contributed by atoms with van der Waals surface area (Å²) in [4.78, 5) is 9.80. The second-order valence-corrected chi connectivity index (χ2v) is 10.5. The highest BCUT2D eigenvalue weighted by Crippen LogP contribution is 2.32. The molecule has 6 nitrogen and oxygen atoms in total. The predicted octanol–water partition coefficient (Wildman–Crippen LogP) is 3.87. The van der Waals surface area contributed by atoms with Crippen LogP contribution in [0.1, 0.15) is 78.0 Å². The van der Waals surface area contributed by atoms with Gasteiger partial charge in [0, 0.05) is 45.0 Å². The molecule has 2 aliphatic heterocycles. The summed E-state index contributed by atoms with van der Waals surface area (Å²) in [5.41, 5.74) is 1.18. The first kappa shape index (κ1) is 22.3. The van der Waals surface area contributed by atoms with Crippen molar-refractivity contribution in [2.75, 3.05) is 32.7 Å². The molecular weight excluding hydrogens is 376 g/mol. The van der Waals surface area contributed by atoms with E-state index in [2.05, 4.69) is 54.6 Å². The molecule has 1 aromatic heterocycles. The van der Waals surface area contributed by atoms with Gasteiger partial charge in [0.1, 0.15) is 0 Å². The first-order valence-electron chi connectivity index (χ1n) is 12.2. The van der Waals surface area contributed by atoms with E-state index < -0.39 is 0 Å². The molecule has 0 N–H and O–H groups in total. The van der Waals surface area contributed by atoms with Crippen LogP contribution in [0.15, 0.2) is 12.5 Å². The van der Waals surface area contributed by atoms with Gasteiger partial charge in [-0.25, -0.2) is 4.98 Å². The molecule has 0 bridgehead atoms. The van der Waals surface area contributed by atoms with E-state index in [4.69, 9.17) is 14.5 Å². The standard InChI is InChI=1S/C24H42N4O2/c1-5-26-10-6-20(7-11-26)28-17-19(25-18-28)16-27-12-8-21(9-13-27)29-22-14-23(15-22)30-24(2,3)4/h17-18,20-23H,5-16H2,1-4H3. The average Bonchev–Trinajstić information content (AvgIpc) is 3.15. The lowest BCUT2D eigenvalue weighted by Gasteiger charge is -2.42. The molecule has 4 rings (SSSR count). The Morgan fingerprint density at radius 1 is 0.933 bits per heavy atom. The van der Waals surface area contributed by atoms with Gasteiger partial charge in [0.05, 0.1) is 35.9 Å². The zero-order valence-electron chi connectivity index (χ0n) is 19.6. The fraction of sp³-hybridized carbons (Fsp3) is 0.875. The van der Waals surface area contributed by atoms with Crippen molar-refractivity contribution in [2.45, 2.75) is 103 Å². The molecule has 6 heteroatoms. The summed E-state index contributed by atoms with van der Waals surface area (Å²) in [6.07, 6.45) is 12.5. The van der Waals surface area contributed by atoms with Gasteiger partial charge in [-0.3, -0.25) is 4.90 Å². The SMILES string of the molecule is CCN1CCC(n2cnc(CN3CCC(OC4CC(OC(C)(C)C)C4)CC3)c2)CC1. The fourth-order valence-electron chi connectivity index (χ4n) is 5.12. The number of rotatable bonds is 7. The molecule has 1 saturated carbocycles. The molecule has 1 aromatic rings. The summed E-state index contributed by atoms with van der Waals surface area (Å²) in [6.45, 7) is 15.5. The molecule has 30 heavy (non-hydrogen) atoms. The summed E-state index contributed by atoms with van der Waals surface area (Å²) in [5.74, 6) is 0. The van der Waals surface area contributed by atoms with Crippen LogP contribution in [0.4, 0.5) is 0 Å². The highest BCUT2D eigenvalue weighted by molar-refractivity contribution is 4.99. The average molecular weight is 419 g/mol. The minimum absolute atomic E-state index is 0.0409. The third-order valence-corrected chi connectivity index (χ3v) is 6.96. The van der Waals surface area contributed by atoms with Crippen LogP contribution in [0.3, 0.4) is 0 Å². The Hall–Kier alpha value is -0.950. The fourth-order valence-corrected chi connectivity index (χ4v) is 5.12. The number of hydrogen-bond donors (Lipinski definition) is 0. The van der Waals surface area contributed by atoms with Crippen molar-refractivity contribution in [3.8, 4) is 0 Å². The van der Waals surface area contributed by atoms with Crippen LogP contribution in [0.25, 0.3) is 0 Å². The maximum Gasteiger partial charge on any atom is 0.0952 e. The van der Waals surface area contributed by atoms with Crippen LogP contribution < -0.4 is 0 Å². The second-order valence-electron chi connectivity index (χ2n) is 10.5. The van der Waals surface area contributed by atoms with Gasteiger partial charge in [0.25, 0.3) is 0 Å². The van der Waals surface area contributed by atoms with Gasteiger partial charge in [-0.1, -0.05) is 6.92 Å². The van der Waals surface area contributed by atoms with Gasteiger partial charge in [-0.15, -0.1) is 0 Å². The molecule has 3 heterocycles. The third kappa shape index (κ3) is 6.06. The number of aromatic nitrogens is 2. The summed E-state index contributed by atoms with van der Waals surface area (Å²) >= 11 is 0. The summed E-state index contributed by atoms with van der Waals surface area (Å²) in [7, 11) is 0. The first-order valence-corrected chi connectivity index (χ1v) is 12.2. The molecule has 0 amide bonds. The quantitative estimate of drug-likeness (QED) is 0.673. The minimum Gasteiger partial charge on any atom is -0.375 e. The Kier molecular flexibility index (Phi) is 7.18. The van der Waals surface area contributed by atoms with Crippen molar-refractivity contribution in [1.29, 1.82) is 0 Å². The summed E-state index contributed by atoms with van der Waals surface area (Å²) in [6, 6.07) is 0.627. The summed E-state index contributed by atoms with van der Waals surface area (Å²) in [5, 5.41) is 0. The number of imidazole rings is 1. The highest BCUT2D eigenvalue weighted by Gasteiger charge is 2.35. The summed E-state index contributed by atoms with van der Waals surface area (Å²) < 4.78 is 14.7. The van der Waals surface area contributed by atoms with Gasteiger partial charge in [0.2, 0.25) is 0 Å². The molecule has 0 radical (unpaired) electrons. The molecule has 3 aliphatic rings. The van der Waals surface area contributed by atoms with Gasteiger partial charge in [0.15, 0.2) is 0 Å². The molecule has 3 fully saturated rings. The van der Waals surface area contributed by atoms with Crippen LogP contribution >= 0.6 is 0 Å². The Labute approximate surface area is 182 Å². The van der Waals surface area contributed by atoms with E-state index in [1.165, 1.54) is 38.2 Å². The highest BCUT2D eigenvalue weighted by atomic mass is 16.5. The molecule has 0 unspecified atom stereocenters. The van der Waals surface area contributed by atoms with Crippen molar-refractivity contribution < 1.29 is 9.47 Å². The van der Waals surface area contributed by atoms with E-state index in [0.29, 0.717) is 24.4 Å². The third-order valence-electron chi connectivity index (χ3n) is 6.96. The lowest BCUT2D eigenvalue weighted by molar-refractivity contribution is -0.167. The smallest absolute Gasteiger partial charge is 0.0952 e. The number of hydrogen-bond acceptors (Lipinski definition) is 5. The molecule has 1 aliphatic carbocycles. The Morgan fingerprint density at radius 3 is 2.23 bits per heavy atom. The molecular formula is C24H42N4O2.